The van der Waals surface area contributed by atoms with Gasteiger partial charge in [-0.3, -0.25) is 4.98 Å². The van der Waals surface area contributed by atoms with E-state index in [0.717, 1.165) is 24.0 Å². The minimum Gasteiger partial charge on any atom is -0.376 e. The van der Waals surface area contributed by atoms with E-state index < -0.39 is 0 Å². The summed E-state index contributed by atoms with van der Waals surface area (Å²) in [6, 6.07) is 9.49. The van der Waals surface area contributed by atoms with E-state index in [1.54, 1.807) is 24.5 Å². The first-order valence-electron chi connectivity index (χ1n) is 8.53. The molecule has 1 aliphatic heterocycles. The molecule has 0 unspecified atom stereocenters. The monoisotopic (exact) mass is 343 g/mol. The third-order valence-electron chi connectivity index (χ3n) is 4.27. The molecule has 132 valence electrons. The molecule has 1 fully saturated rings. The van der Waals surface area contributed by atoms with Crippen molar-refractivity contribution < 1.29 is 13.9 Å². The number of ether oxygens (including phenoxy) is 1. The van der Waals surface area contributed by atoms with E-state index in [-0.39, 0.29) is 24.0 Å². The first kappa shape index (κ1) is 17.4. The van der Waals surface area contributed by atoms with Crippen LogP contribution in [0.25, 0.3) is 0 Å². The van der Waals surface area contributed by atoms with E-state index in [1.807, 2.05) is 12.1 Å². The molecule has 25 heavy (non-hydrogen) atoms. The van der Waals surface area contributed by atoms with E-state index in [0.29, 0.717) is 19.6 Å². The van der Waals surface area contributed by atoms with E-state index >= 15 is 0 Å². The number of pyridine rings is 1. The molecule has 0 bridgehead atoms. The highest BCUT2D eigenvalue weighted by Crippen LogP contribution is 2.27. The van der Waals surface area contributed by atoms with Crippen LogP contribution >= 0.6 is 0 Å². The Kier molecular flexibility index (Phi) is 5.95. The lowest BCUT2D eigenvalue weighted by Crippen LogP contribution is -2.42. The third-order valence-corrected chi connectivity index (χ3v) is 4.27. The first-order chi connectivity index (χ1) is 12.2. The highest BCUT2D eigenvalue weighted by molar-refractivity contribution is 5.74. The topological polar surface area (TPSA) is 63.2 Å². The molecular formula is C19H22FN3O2. The second-order valence-electron chi connectivity index (χ2n) is 6.09. The molecule has 0 aliphatic carbocycles. The van der Waals surface area contributed by atoms with Crippen LogP contribution in [0.5, 0.6) is 0 Å². The van der Waals surface area contributed by atoms with Gasteiger partial charge in [-0.15, -0.1) is 0 Å². The fraction of sp³-hybridized carbons (Fsp3) is 0.368. The largest absolute Gasteiger partial charge is 0.376 e. The summed E-state index contributed by atoms with van der Waals surface area (Å²) in [5.41, 5.74) is 1.91. The van der Waals surface area contributed by atoms with Gasteiger partial charge < -0.3 is 15.4 Å². The number of rotatable bonds is 6. The van der Waals surface area contributed by atoms with Crippen LogP contribution in [0.3, 0.4) is 0 Å². The number of amides is 2. The van der Waals surface area contributed by atoms with Gasteiger partial charge in [0.2, 0.25) is 0 Å². The summed E-state index contributed by atoms with van der Waals surface area (Å²) in [5.74, 6) is -0.296. The average molecular weight is 343 g/mol. The highest BCUT2D eigenvalue weighted by atomic mass is 19.1. The Bertz CT molecular complexity index is 673. The lowest BCUT2D eigenvalue weighted by molar-refractivity contribution is 0.0807. The molecule has 2 atom stereocenters. The van der Waals surface area contributed by atoms with Crippen molar-refractivity contribution in [3.63, 3.8) is 0 Å². The molecule has 0 spiro atoms. The number of aromatic nitrogens is 1. The summed E-state index contributed by atoms with van der Waals surface area (Å²) in [4.78, 5) is 16.3. The van der Waals surface area contributed by atoms with Crippen molar-refractivity contribution in [2.45, 2.75) is 31.4 Å². The maximum Gasteiger partial charge on any atom is 0.315 e. The Morgan fingerprint density at radius 1 is 1.32 bits per heavy atom. The molecule has 0 radical (unpaired) electrons. The molecular weight excluding hydrogens is 321 g/mol. The molecule has 1 aliphatic rings. The zero-order valence-electron chi connectivity index (χ0n) is 14.0. The summed E-state index contributed by atoms with van der Waals surface area (Å²) < 4.78 is 18.9. The fourth-order valence-electron chi connectivity index (χ4n) is 2.99. The van der Waals surface area contributed by atoms with Crippen LogP contribution in [0.15, 0.2) is 48.8 Å². The molecule has 6 heteroatoms. The van der Waals surface area contributed by atoms with Crippen molar-refractivity contribution in [1.29, 1.82) is 0 Å². The van der Waals surface area contributed by atoms with Crippen molar-refractivity contribution in [3.05, 3.63) is 65.7 Å². The zero-order chi connectivity index (χ0) is 17.5. The number of halogens is 1. The molecule has 1 aromatic heterocycles. The summed E-state index contributed by atoms with van der Waals surface area (Å²) in [5, 5.41) is 5.83. The van der Waals surface area contributed by atoms with Gasteiger partial charge in [0.05, 0.1) is 12.1 Å². The number of urea groups is 1. The van der Waals surface area contributed by atoms with Crippen LogP contribution in [-0.4, -0.2) is 30.3 Å². The zero-order valence-corrected chi connectivity index (χ0v) is 14.0. The van der Waals surface area contributed by atoms with Crippen molar-refractivity contribution >= 4 is 6.03 Å². The van der Waals surface area contributed by atoms with Gasteiger partial charge in [-0.05, 0) is 48.6 Å². The molecule has 0 saturated carbocycles. The second kappa shape index (κ2) is 8.58. The van der Waals surface area contributed by atoms with E-state index in [1.165, 1.54) is 12.1 Å². The molecule has 2 heterocycles. The molecule has 2 amide bonds. The number of carbonyl (C=O) groups excluding carboxylic acids is 1. The lowest BCUT2D eigenvalue weighted by Gasteiger charge is -2.25. The van der Waals surface area contributed by atoms with Crippen LogP contribution in [0.1, 0.15) is 30.0 Å². The maximum atomic E-state index is 13.2. The van der Waals surface area contributed by atoms with Gasteiger partial charge in [0.1, 0.15) is 5.82 Å². The summed E-state index contributed by atoms with van der Waals surface area (Å²) in [6.45, 7) is 1.20. The van der Waals surface area contributed by atoms with Gasteiger partial charge >= 0.3 is 6.03 Å². The Morgan fingerprint density at radius 2 is 2.16 bits per heavy atom. The van der Waals surface area contributed by atoms with Gasteiger partial charge in [0.15, 0.2) is 0 Å². The van der Waals surface area contributed by atoms with E-state index in [9.17, 15) is 9.18 Å². The Balaban J connectivity index is 1.57. The van der Waals surface area contributed by atoms with Crippen molar-refractivity contribution in [1.82, 2.24) is 15.6 Å². The van der Waals surface area contributed by atoms with Crippen LogP contribution in [-0.2, 0) is 11.2 Å². The van der Waals surface area contributed by atoms with E-state index in [4.69, 9.17) is 4.74 Å². The molecule has 3 rings (SSSR count). The van der Waals surface area contributed by atoms with Crippen molar-refractivity contribution in [2.24, 2.45) is 0 Å². The number of nitrogens with zero attached hydrogens (tertiary/aromatic N) is 1. The predicted molar refractivity (Wildman–Crippen MR) is 92.6 cm³/mol. The predicted octanol–water partition coefficient (Wildman–Crippen LogP) is 2.98. The Labute approximate surface area is 146 Å². The number of hydrogen-bond donors (Lipinski definition) is 2. The number of nitrogens with one attached hydrogen (secondary N) is 2. The molecule has 1 aromatic carbocycles. The number of benzene rings is 1. The Morgan fingerprint density at radius 3 is 2.84 bits per heavy atom. The maximum absolute atomic E-state index is 13.2. The SMILES string of the molecule is O=C(NCCc1cccnc1)N[C@@H](c1ccc(F)cc1)[C@@H]1CCCO1. The molecule has 5 nitrogen and oxygen atoms in total. The third kappa shape index (κ3) is 5.00. The Hall–Kier alpha value is -2.47. The molecule has 2 N–H and O–H groups in total. The standard InChI is InChI=1S/C19H22FN3O2/c20-16-7-5-15(6-8-16)18(17-4-2-12-25-17)23-19(24)22-11-9-14-3-1-10-21-13-14/h1,3,5-8,10,13,17-18H,2,4,9,11-12H2,(H2,22,23,24)/t17-,18-/m0/s1. The smallest absolute Gasteiger partial charge is 0.315 e. The molecule has 2 aromatic rings. The van der Waals surface area contributed by atoms with Gasteiger partial charge in [-0.1, -0.05) is 18.2 Å². The number of hydrogen-bond acceptors (Lipinski definition) is 3. The van der Waals surface area contributed by atoms with Gasteiger partial charge in [-0.2, -0.15) is 0 Å². The van der Waals surface area contributed by atoms with Gasteiger partial charge in [0, 0.05) is 25.5 Å². The van der Waals surface area contributed by atoms with Crippen LogP contribution in [0, 0.1) is 5.82 Å². The quantitative estimate of drug-likeness (QED) is 0.847. The van der Waals surface area contributed by atoms with Crippen LogP contribution in [0.4, 0.5) is 9.18 Å². The van der Waals surface area contributed by atoms with Gasteiger partial charge in [0.25, 0.3) is 0 Å². The number of carbonyl (C=O) groups is 1. The summed E-state index contributed by atoms with van der Waals surface area (Å²) >= 11 is 0. The van der Waals surface area contributed by atoms with Crippen molar-refractivity contribution in [2.75, 3.05) is 13.2 Å². The highest BCUT2D eigenvalue weighted by Gasteiger charge is 2.28. The molecule has 1 saturated heterocycles. The minimum absolute atomic E-state index is 0.0884. The lowest BCUT2D eigenvalue weighted by atomic mass is 9.99. The second-order valence-corrected chi connectivity index (χ2v) is 6.09. The fourth-order valence-corrected chi connectivity index (χ4v) is 2.99. The van der Waals surface area contributed by atoms with Gasteiger partial charge in [-0.25, -0.2) is 9.18 Å². The van der Waals surface area contributed by atoms with Crippen molar-refractivity contribution in [3.8, 4) is 0 Å². The first-order valence-corrected chi connectivity index (χ1v) is 8.53. The average Bonchev–Trinajstić information content (AvgIpc) is 3.16. The van der Waals surface area contributed by atoms with E-state index in [2.05, 4.69) is 15.6 Å². The van der Waals surface area contributed by atoms with Crippen LogP contribution in [0.2, 0.25) is 0 Å². The van der Waals surface area contributed by atoms with Crippen LogP contribution < -0.4 is 10.6 Å². The summed E-state index contributed by atoms with van der Waals surface area (Å²) in [6.07, 6.45) is 5.97. The minimum atomic E-state index is -0.296. The summed E-state index contributed by atoms with van der Waals surface area (Å²) in [7, 11) is 0. The normalized spacial score (nSPS) is 17.9.